The van der Waals surface area contributed by atoms with Crippen molar-refractivity contribution < 1.29 is 0 Å². The topological polar surface area (TPSA) is 12.4 Å². The second kappa shape index (κ2) is 6.89. The van der Waals surface area contributed by atoms with Crippen molar-refractivity contribution in [3.8, 4) is 0 Å². The second-order valence-electron chi connectivity index (χ2n) is 5.43. The van der Waals surface area contributed by atoms with Crippen LogP contribution >= 0.6 is 31.9 Å². The fraction of sp³-hybridized carbons (Fsp3) is 0.278. The molecule has 0 amide bonds. The Labute approximate surface area is 143 Å². The fourth-order valence-electron chi connectivity index (χ4n) is 2.50. The van der Waals surface area contributed by atoms with Crippen molar-refractivity contribution in [2.45, 2.75) is 33.7 Å². The van der Waals surface area contributed by atoms with Crippen molar-refractivity contribution in [1.82, 2.24) is 0 Å². The van der Waals surface area contributed by atoms with Gasteiger partial charge in [-0.2, -0.15) is 0 Å². The van der Waals surface area contributed by atoms with Gasteiger partial charge in [0.1, 0.15) is 0 Å². The van der Waals surface area contributed by atoms with Crippen LogP contribution in [0, 0.1) is 20.8 Å². The SMILES string of the molecule is Cc1cc(C)c(C=NC(C)c2ccc(Br)cc2Br)c(C)c1. The van der Waals surface area contributed by atoms with Gasteiger partial charge < -0.3 is 0 Å². The average Bonchev–Trinajstić information content (AvgIpc) is 2.36. The van der Waals surface area contributed by atoms with Crippen molar-refractivity contribution >= 4 is 38.1 Å². The molecule has 0 saturated carbocycles. The molecule has 0 N–H and O–H groups in total. The van der Waals surface area contributed by atoms with Crippen molar-refractivity contribution in [3.63, 3.8) is 0 Å². The van der Waals surface area contributed by atoms with Crippen molar-refractivity contribution in [1.29, 1.82) is 0 Å². The lowest BCUT2D eigenvalue weighted by atomic mass is 10.0. The minimum atomic E-state index is 0.118. The van der Waals surface area contributed by atoms with Gasteiger partial charge in [-0.1, -0.05) is 55.6 Å². The van der Waals surface area contributed by atoms with Crippen LogP contribution in [-0.2, 0) is 0 Å². The highest BCUT2D eigenvalue weighted by atomic mass is 79.9. The highest BCUT2D eigenvalue weighted by molar-refractivity contribution is 9.11. The maximum absolute atomic E-state index is 4.74. The number of nitrogens with zero attached hydrogens (tertiary/aromatic N) is 1. The van der Waals surface area contributed by atoms with Crippen LogP contribution in [-0.4, -0.2) is 6.21 Å². The summed E-state index contributed by atoms with van der Waals surface area (Å²) >= 11 is 7.09. The summed E-state index contributed by atoms with van der Waals surface area (Å²) < 4.78 is 2.15. The molecule has 0 aliphatic rings. The predicted octanol–water partition coefficient (Wildman–Crippen LogP) is 6.32. The van der Waals surface area contributed by atoms with E-state index in [0.29, 0.717) is 0 Å². The van der Waals surface area contributed by atoms with Gasteiger partial charge in [-0.25, -0.2) is 0 Å². The lowest BCUT2D eigenvalue weighted by Crippen LogP contribution is -1.97. The van der Waals surface area contributed by atoms with E-state index in [1.807, 2.05) is 6.21 Å². The zero-order valence-electron chi connectivity index (χ0n) is 12.7. The minimum Gasteiger partial charge on any atom is -0.285 e. The van der Waals surface area contributed by atoms with Gasteiger partial charge in [0.2, 0.25) is 0 Å². The number of aryl methyl sites for hydroxylation is 3. The minimum absolute atomic E-state index is 0.118. The molecule has 1 nitrogen and oxygen atoms in total. The van der Waals surface area contributed by atoms with E-state index >= 15 is 0 Å². The normalized spacial score (nSPS) is 12.9. The van der Waals surface area contributed by atoms with E-state index in [0.717, 1.165) is 8.95 Å². The Bertz CT molecular complexity index is 667. The number of benzene rings is 2. The molecule has 1 atom stereocenters. The van der Waals surface area contributed by atoms with Crippen LogP contribution in [0.25, 0.3) is 0 Å². The molecule has 0 radical (unpaired) electrons. The fourth-order valence-corrected chi connectivity index (χ4v) is 3.88. The molecule has 0 aliphatic carbocycles. The highest BCUT2D eigenvalue weighted by Crippen LogP contribution is 2.28. The Kier molecular flexibility index (Phi) is 5.39. The molecule has 3 heteroatoms. The number of rotatable bonds is 3. The molecule has 0 spiro atoms. The van der Waals surface area contributed by atoms with E-state index in [4.69, 9.17) is 4.99 Å². The Balaban J connectivity index is 2.29. The van der Waals surface area contributed by atoms with Gasteiger partial charge in [0.05, 0.1) is 6.04 Å². The summed E-state index contributed by atoms with van der Waals surface area (Å²) in [6.45, 7) is 8.52. The van der Waals surface area contributed by atoms with Crippen molar-refractivity contribution in [3.05, 3.63) is 67.1 Å². The Morgan fingerprint density at radius 1 is 1.00 bits per heavy atom. The molecule has 0 bridgehead atoms. The first-order chi connectivity index (χ1) is 9.88. The molecule has 0 aliphatic heterocycles. The zero-order valence-corrected chi connectivity index (χ0v) is 15.9. The standard InChI is InChI=1S/C18H19Br2N/c1-11-7-12(2)17(13(3)8-11)10-21-14(4)16-6-5-15(19)9-18(16)20/h5-10,14H,1-4H3. The van der Waals surface area contributed by atoms with Crippen LogP contribution in [0.15, 0.2) is 44.3 Å². The second-order valence-corrected chi connectivity index (χ2v) is 7.20. The van der Waals surface area contributed by atoms with Gasteiger partial charge >= 0.3 is 0 Å². The Hall–Kier alpha value is -0.930. The van der Waals surface area contributed by atoms with Crippen LogP contribution in [0.2, 0.25) is 0 Å². The van der Waals surface area contributed by atoms with Gasteiger partial charge in [-0.05, 0) is 62.1 Å². The Morgan fingerprint density at radius 2 is 1.62 bits per heavy atom. The summed E-state index contributed by atoms with van der Waals surface area (Å²) in [5, 5.41) is 0. The Morgan fingerprint density at radius 3 is 2.19 bits per heavy atom. The molecule has 1 unspecified atom stereocenters. The molecular weight excluding hydrogens is 390 g/mol. The first-order valence-electron chi connectivity index (χ1n) is 6.94. The van der Waals surface area contributed by atoms with Gasteiger partial charge in [-0.15, -0.1) is 0 Å². The van der Waals surface area contributed by atoms with Crippen LogP contribution in [0.4, 0.5) is 0 Å². The number of halogens is 2. The third-order valence-electron chi connectivity index (χ3n) is 3.58. The van der Waals surface area contributed by atoms with Crippen LogP contribution in [0.5, 0.6) is 0 Å². The first-order valence-corrected chi connectivity index (χ1v) is 8.53. The summed E-state index contributed by atoms with van der Waals surface area (Å²) in [7, 11) is 0. The lowest BCUT2D eigenvalue weighted by molar-refractivity contribution is 0.819. The summed E-state index contributed by atoms with van der Waals surface area (Å²) in [6.07, 6.45) is 2.00. The average molecular weight is 409 g/mol. The summed E-state index contributed by atoms with van der Waals surface area (Å²) in [6, 6.07) is 10.7. The molecule has 0 aromatic heterocycles. The molecular formula is C18H19Br2N. The highest BCUT2D eigenvalue weighted by Gasteiger charge is 2.08. The third kappa shape index (κ3) is 4.04. The summed E-state index contributed by atoms with van der Waals surface area (Å²) in [5.74, 6) is 0. The van der Waals surface area contributed by atoms with Gasteiger partial charge in [-0.3, -0.25) is 4.99 Å². The monoisotopic (exact) mass is 407 g/mol. The van der Waals surface area contributed by atoms with E-state index < -0.39 is 0 Å². The maximum Gasteiger partial charge on any atom is 0.0731 e. The maximum atomic E-state index is 4.74. The molecule has 2 aromatic rings. The molecule has 110 valence electrons. The van der Waals surface area contributed by atoms with E-state index in [9.17, 15) is 0 Å². The van der Waals surface area contributed by atoms with Crippen LogP contribution in [0.3, 0.4) is 0 Å². The molecule has 21 heavy (non-hydrogen) atoms. The van der Waals surface area contributed by atoms with E-state index in [1.54, 1.807) is 0 Å². The van der Waals surface area contributed by atoms with Crippen molar-refractivity contribution in [2.24, 2.45) is 4.99 Å². The van der Waals surface area contributed by atoms with Crippen LogP contribution in [0.1, 0.15) is 40.8 Å². The molecule has 2 rings (SSSR count). The van der Waals surface area contributed by atoms with Gasteiger partial charge in [0.15, 0.2) is 0 Å². The van der Waals surface area contributed by atoms with E-state index in [-0.39, 0.29) is 6.04 Å². The number of hydrogen-bond acceptors (Lipinski definition) is 1. The summed E-state index contributed by atoms with van der Waals surface area (Å²) in [4.78, 5) is 4.74. The molecule has 0 fully saturated rings. The quantitative estimate of drug-likeness (QED) is 0.527. The van der Waals surface area contributed by atoms with E-state index in [2.05, 4.69) is 89.9 Å². The number of hydrogen-bond donors (Lipinski definition) is 0. The molecule has 2 aromatic carbocycles. The van der Waals surface area contributed by atoms with Crippen LogP contribution < -0.4 is 0 Å². The van der Waals surface area contributed by atoms with E-state index in [1.165, 1.54) is 27.8 Å². The predicted molar refractivity (Wildman–Crippen MR) is 98.5 cm³/mol. The van der Waals surface area contributed by atoms with Gasteiger partial charge in [0.25, 0.3) is 0 Å². The third-order valence-corrected chi connectivity index (χ3v) is 4.76. The number of aliphatic imine (C=N–C) groups is 1. The lowest BCUT2D eigenvalue weighted by Gasteiger charge is -2.11. The first kappa shape index (κ1) is 16.4. The van der Waals surface area contributed by atoms with Gasteiger partial charge in [0, 0.05) is 15.2 Å². The molecule has 0 heterocycles. The smallest absolute Gasteiger partial charge is 0.0731 e. The zero-order chi connectivity index (χ0) is 15.6. The summed E-state index contributed by atoms with van der Waals surface area (Å²) in [5.41, 5.74) is 6.26. The largest absolute Gasteiger partial charge is 0.285 e. The molecule has 0 saturated heterocycles. The van der Waals surface area contributed by atoms with Crippen molar-refractivity contribution in [2.75, 3.05) is 0 Å².